The molecule has 0 fully saturated rings. The van der Waals surface area contributed by atoms with Crippen LogP contribution in [0, 0.1) is 20.8 Å². The van der Waals surface area contributed by atoms with Crippen molar-refractivity contribution < 1.29 is 9.53 Å². The van der Waals surface area contributed by atoms with Crippen LogP contribution in [0.3, 0.4) is 0 Å². The van der Waals surface area contributed by atoms with Gasteiger partial charge in [0.1, 0.15) is 6.54 Å². The Balaban J connectivity index is 2.07. The fourth-order valence-electron chi connectivity index (χ4n) is 3.83. The van der Waals surface area contributed by atoms with Gasteiger partial charge in [-0.3, -0.25) is 18.7 Å². The zero-order chi connectivity index (χ0) is 23.2. The van der Waals surface area contributed by atoms with Gasteiger partial charge in [0.2, 0.25) is 5.95 Å². The summed E-state index contributed by atoms with van der Waals surface area (Å²) >= 11 is 0. The minimum absolute atomic E-state index is 0.208. The van der Waals surface area contributed by atoms with Crippen LogP contribution in [0.25, 0.3) is 17.1 Å². The number of aryl methyl sites for hydroxylation is 4. The average Bonchev–Trinajstić information content (AvgIpc) is 3.28. The molecule has 4 aromatic rings. The first-order valence-corrected chi connectivity index (χ1v) is 10.1. The van der Waals surface area contributed by atoms with Crippen molar-refractivity contribution in [3.05, 3.63) is 73.7 Å². The number of rotatable bonds is 5. The van der Waals surface area contributed by atoms with Gasteiger partial charge in [-0.25, -0.2) is 14.0 Å². The van der Waals surface area contributed by atoms with E-state index in [9.17, 15) is 14.4 Å². The Morgan fingerprint density at radius 3 is 2.47 bits per heavy atom. The highest BCUT2D eigenvalue weighted by Gasteiger charge is 2.23. The first-order valence-electron chi connectivity index (χ1n) is 10.1. The van der Waals surface area contributed by atoms with Crippen LogP contribution in [0.15, 0.2) is 39.9 Å². The third-order valence-corrected chi connectivity index (χ3v) is 5.35. The van der Waals surface area contributed by atoms with E-state index < -0.39 is 23.8 Å². The molecule has 0 atom stereocenters. The predicted octanol–water partition coefficient (Wildman–Crippen LogP) is 1.23. The van der Waals surface area contributed by atoms with Crippen molar-refractivity contribution in [1.29, 1.82) is 0 Å². The van der Waals surface area contributed by atoms with Gasteiger partial charge in [-0.15, -0.1) is 0 Å². The molecule has 3 aromatic heterocycles. The number of hydrogen-bond acceptors (Lipinski definition) is 6. The normalized spacial score (nSPS) is 11.3. The number of esters is 1. The quantitative estimate of drug-likeness (QED) is 0.436. The first-order chi connectivity index (χ1) is 15.2. The molecular weight excluding hydrogens is 412 g/mol. The van der Waals surface area contributed by atoms with Crippen LogP contribution in [0.1, 0.15) is 22.5 Å². The van der Waals surface area contributed by atoms with Crippen molar-refractivity contribution in [1.82, 2.24) is 28.5 Å². The minimum Gasteiger partial charge on any atom is -0.468 e. The second-order valence-corrected chi connectivity index (χ2v) is 7.81. The van der Waals surface area contributed by atoms with Crippen molar-refractivity contribution >= 4 is 17.1 Å². The standard InChI is InChI=1S/C22H24N6O4/c1-13-7-6-8-16(9-13)11-26-18-19(23-21(26)28-15(3)10-14(2)24-28)25(4)22(31)27(20(18)30)12-17(29)32-5/h6-10H,11-12H2,1-5H3. The molecule has 166 valence electrons. The van der Waals surface area contributed by atoms with Crippen LogP contribution in [-0.2, 0) is 29.7 Å². The van der Waals surface area contributed by atoms with Crippen LogP contribution in [0.2, 0.25) is 0 Å². The van der Waals surface area contributed by atoms with E-state index in [1.165, 1.54) is 18.7 Å². The molecule has 10 nitrogen and oxygen atoms in total. The lowest BCUT2D eigenvalue weighted by molar-refractivity contribution is -0.141. The van der Waals surface area contributed by atoms with Crippen LogP contribution in [-0.4, -0.2) is 41.5 Å². The molecule has 0 bridgehead atoms. The Morgan fingerprint density at radius 1 is 1.09 bits per heavy atom. The van der Waals surface area contributed by atoms with Gasteiger partial charge >= 0.3 is 11.7 Å². The largest absolute Gasteiger partial charge is 0.468 e. The number of nitrogens with zero attached hydrogens (tertiary/aromatic N) is 6. The number of fused-ring (bicyclic) bond motifs is 1. The first kappa shape index (κ1) is 21.3. The Labute approximate surface area is 183 Å². The number of aromatic nitrogens is 6. The second-order valence-electron chi connectivity index (χ2n) is 7.81. The van der Waals surface area contributed by atoms with Crippen molar-refractivity contribution in [3.63, 3.8) is 0 Å². The topological polar surface area (TPSA) is 106 Å². The van der Waals surface area contributed by atoms with Gasteiger partial charge in [0, 0.05) is 12.7 Å². The minimum atomic E-state index is -0.688. The van der Waals surface area contributed by atoms with Crippen molar-refractivity contribution in [3.8, 4) is 5.95 Å². The van der Waals surface area contributed by atoms with Gasteiger partial charge in [0.15, 0.2) is 11.2 Å². The third-order valence-electron chi connectivity index (χ3n) is 5.35. The van der Waals surface area contributed by atoms with E-state index >= 15 is 0 Å². The Morgan fingerprint density at radius 2 is 1.84 bits per heavy atom. The molecule has 0 saturated carbocycles. The molecule has 10 heteroatoms. The summed E-state index contributed by atoms with van der Waals surface area (Å²) in [7, 11) is 2.73. The molecule has 0 unspecified atom stereocenters. The lowest BCUT2D eigenvalue weighted by Crippen LogP contribution is -2.41. The third kappa shape index (κ3) is 3.53. The van der Waals surface area contributed by atoms with Crippen LogP contribution in [0.4, 0.5) is 0 Å². The number of benzene rings is 1. The molecule has 0 amide bonds. The van der Waals surface area contributed by atoms with E-state index in [1.807, 2.05) is 51.1 Å². The molecule has 0 aliphatic carbocycles. The maximum Gasteiger partial charge on any atom is 0.333 e. The summed E-state index contributed by atoms with van der Waals surface area (Å²) in [6.07, 6.45) is 0. The Kier molecular flexibility index (Phi) is 5.29. The van der Waals surface area contributed by atoms with Crippen LogP contribution < -0.4 is 11.2 Å². The van der Waals surface area contributed by atoms with Gasteiger partial charge in [-0.1, -0.05) is 29.8 Å². The van der Waals surface area contributed by atoms with E-state index in [2.05, 4.69) is 14.8 Å². The SMILES string of the molecule is COC(=O)Cn1c(=O)c2c(nc(-n3nc(C)cc3C)n2Cc2cccc(C)c2)n(C)c1=O. The maximum atomic E-state index is 13.4. The second kappa shape index (κ2) is 7.95. The summed E-state index contributed by atoms with van der Waals surface area (Å²) in [5.41, 5.74) is 2.85. The smallest absolute Gasteiger partial charge is 0.333 e. The van der Waals surface area contributed by atoms with Crippen LogP contribution >= 0.6 is 0 Å². The average molecular weight is 436 g/mol. The van der Waals surface area contributed by atoms with Crippen molar-refractivity contribution in [2.75, 3.05) is 7.11 Å². The number of ether oxygens (including phenoxy) is 1. The molecule has 3 heterocycles. The zero-order valence-electron chi connectivity index (χ0n) is 18.6. The predicted molar refractivity (Wildman–Crippen MR) is 118 cm³/mol. The van der Waals surface area contributed by atoms with Gasteiger partial charge in [-0.2, -0.15) is 10.1 Å². The molecule has 0 radical (unpaired) electrons. The molecule has 0 aliphatic heterocycles. The number of carbonyl (C=O) groups excluding carboxylic acids is 1. The lowest BCUT2D eigenvalue weighted by atomic mass is 10.1. The highest BCUT2D eigenvalue weighted by molar-refractivity contribution is 5.74. The monoisotopic (exact) mass is 436 g/mol. The van der Waals surface area contributed by atoms with Gasteiger partial charge in [-0.05, 0) is 32.4 Å². The summed E-state index contributed by atoms with van der Waals surface area (Å²) in [5.74, 6) is -0.276. The Hall–Kier alpha value is -3.95. The molecule has 32 heavy (non-hydrogen) atoms. The molecule has 4 rings (SSSR count). The zero-order valence-corrected chi connectivity index (χ0v) is 18.6. The summed E-state index contributed by atoms with van der Waals surface area (Å²) < 4.78 is 10.2. The maximum absolute atomic E-state index is 13.4. The summed E-state index contributed by atoms with van der Waals surface area (Å²) in [6.45, 7) is 5.60. The van der Waals surface area contributed by atoms with E-state index in [0.717, 1.165) is 27.1 Å². The van der Waals surface area contributed by atoms with Crippen LogP contribution in [0.5, 0.6) is 0 Å². The fourth-order valence-corrected chi connectivity index (χ4v) is 3.83. The molecule has 0 saturated heterocycles. The van der Waals surface area contributed by atoms with E-state index in [1.54, 1.807) is 9.25 Å². The van der Waals surface area contributed by atoms with Gasteiger partial charge < -0.3 is 4.74 Å². The van der Waals surface area contributed by atoms with E-state index in [-0.39, 0.29) is 11.2 Å². The Bertz CT molecular complexity index is 1470. The summed E-state index contributed by atoms with van der Waals surface area (Å²) in [6, 6.07) is 9.82. The summed E-state index contributed by atoms with van der Waals surface area (Å²) in [4.78, 5) is 42.7. The molecule has 1 aromatic carbocycles. The molecule has 0 N–H and O–H groups in total. The van der Waals surface area contributed by atoms with Crippen molar-refractivity contribution in [2.45, 2.75) is 33.9 Å². The van der Waals surface area contributed by atoms with Gasteiger partial charge in [0.25, 0.3) is 5.56 Å². The van der Waals surface area contributed by atoms with E-state index in [0.29, 0.717) is 12.5 Å². The lowest BCUT2D eigenvalue weighted by Gasteiger charge is -2.12. The highest BCUT2D eigenvalue weighted by Crippen LogP contribution is 2.19. The molecule has 0 aliphatic rings. The highest BCUT2D eigenvalue weighted by atomic mass is 16.5. The number of imidazole rings is 1. The number of methoxy groups -OCH3 is 1. The number of carbonyl (C=O) groups is 1. The summed E-state index contributed by atoms with van der Waals surface area (Å²) in [5, 5.41) is 4.52. The van der Waals surface area contributed by atoms with E-state index in [4.69, 9.17) is 0 Å². The fraction of sp³-hybridized carbons (Fsp3) is 0.318. The van der Waals surface area contributed by atoms with Gasteiger partial charge in [0.05, 0.1) is 19.3 Å². The number of hydrogen-bond donors (Lipinski definition) is 0. The molecular formula is C22H24N6O4. The van der Waals surface area contributed by atoms with Crippen molar-refractivity contribution in [2.24, 2.45) is 7.05 Å². The molecule has 0 spiro atoms.